The first-order valence-electron chi connectivity index (χ1n) is 9.38. The number of primary sulfonamides is 1. The number of anilines is 1. The van der Waals surface area contributed by atoms with Gasteiger partial charge in [0.25, 0.3) is 15.9 Å². The number of nitrogens with zero attached hydrogens (tertiary/aromatic N) is 2. The zero-order chi connectivity index (χ0) is 23.2. The molecular formula is C19H23N3O6S3. The Morgan fingerprint density at radius 1 is 1.13 bits per heavy atom. The fraction of sp³-hybridized carbons (Fsp3) is 0.368. The summed E-state index contributed by atoms with van der Waals surface area (Å²) >= 11 is 1.04. The van der Waals surface area contributed by atoms with Crippen LogP contribution < -0.4 is 10.0 Å². The van der Waals surface area contributed by atoms with Crippen LogP contribution in [0.15, 0.2) is 50.9 Å². The van der Waals surface area contributed by atoms with Gasteiger partial charge in [0.2, 0.25) is 15.9 Å². The molecule has 1 aliphatic heterocycles. The minimum atomic E-state index is -4.04. The van der Waals surface area contributed by atoms with E-state index >= 15 is 0 Å². The highest BCUT2D eigenvalue weighted by Gasteiger charge is 2.51. The third kappa shape index (κ3) is 4.30. The third-order valence-electron chi connectivity index (χ3n) is 5.30. The second-order valence-electron chi connectivity index (χ2n) is 7.73. The van der Waals surface area contributed by atoms with Gasteiger partial charge in [-0.3, -0.25) is 9.59 Å². The largest absolute Gasteiger partial charge is 0.274 e. The van der Waals surface area contributed by atoms with Gasteiger partial charge in [0, 0.05) is 5.54 Å². The summed E-state index contributed by atoms with van der Waals surface area (Å²) in [5.74, 6) is -1.26. The molecule has 9 nitrogen and oxygen atoms in total. The lowest BCUT2D eigenvalue weighted by molar-refractivity contribution is -0.122. The van der Waals surface area contributed by atoms with Crippen molar-refractivity contribution < 1.29 is 26.4 Å². The van der Waals surface area contributed by atoms with Gasteiger partial charge in [-0.2, -0.15) is 4.31 Å². The Hall–Kier alpha value is -2.12. The first kappa shape index (κ1) is 23.5. The summed E-state index contributed by atoms with van der Waals surface area (Å²) in [4.78, 5) is 26.8. The summed E-state index contributed by atoms with van der Waals surface area (Å²) in [7, 11) is -7.98. The molecule has 2 aromatic rings. The van der Waals surface area contributed by atoms with Gasteiger partial charge in [-0.25, -0.2) is 26.9 Å². The van der Waals surface area contributed by atoms with Gasteiger partial charge >= 0.3 is 0 Å². The molecule has 0 aliphatic carbocycles. The van der Waals surface area contributed by atoms with Crippen molar-refractivity contribution in [2.75, 3.05) is 4.90 Å². The Morgan fingerprint density at radius 3 is 2.23 bits per heavy atom. The van der Waals surface area contributed by atoms with E-state index in [4.69, 9.17) is 5.14 Å². The van der Waals surface area contributed by atoms with Crippen molar-refractivity contribution in [1.82, 2.24) is 4.31 Å². The maximum Gasteiger partial charge on any atom is 0.253 e. The quantitative estimate of drug-likeness (QED) is 0.595. The first-order chi connectivity index (χ1) is 14.3. The Labute approximate surface area is 185 Å². The maximum atomic E-state index is 13.4. The number of imide groups is 1. The predicted molar refractivity (Wildman–Crippen MR) is 116 cm³/mol. The average Bonchev–Trinajstić information content (AvgIpc) is 3.31. The number of thiophene rings is 1. The standard InChI is InChI=1S/C19H23N3O6S3/c1-4-19(2,3)22(31(27,28)17-6-5-11-29-17)15-12-16(23)21(18(15)24)13-7-9-14(10-8-13)30(20,25)26/h5-11,15H,4,12H2,1-3H3,(H2,20,25,26). The molecule has 3 rings (SSSR count). The number of hydrogen-bond acceptors (Lipinski definition) is 7. The Balaban J connectivity index is 2.03. The topological polar surface area (TPSA) is 135 Å². The molecule has 31 heavy (non-hydrogen) atoms. The number of hydrogen-bond donors (Lipinski definition) is 1. The fourth-order valence-electron chi connectivity index (χ4n) is 3.43. The van der Waals surface area contributed by atoms with Crippen molar-refractivity contribution in [2.45, 2.75) is 54.3 Å². The van der Waals surface area contributed by atoms with Crippen molar-refractivity contribution in [1.29, 1.82) is 0 Å². The molecule has 2 heterocycles. The van der Waals surface area contributed by atoms with Crippen molar-refractivity contribution in [3.05, 3.63) is 41.8 Å². The van der Waals surface area contributed by atoms with Crippen LogP contribution in [0.4, 0.5) is 5.69 Å². The van der Waals surface area contributed by atoms with Gasteiger partial charge in [-0.1, -0.05) is 13.0 Å². The number of carbonyl (C=O) groups excluding carboxylic acids is 2. The van der Waals surface area contributed by atoms with Crippen LogP contribution in [0.2, 0.25) is 0 Å². The van der Waals surface area contributed by atoms with Crippen LogP contribution in [-0.2, 0) is 29.6 Å². The van der Waals surface area contributed by atoms with Crippen LogP contribution in [0.3, 0.4) is 0 Å². The monoisotopic (exact) mass is 485 g/mol. The van der Waals surface area contributed by atoms with E-state index in [1.807, 2.05) is 6.92 Å². The van der Waals surface area contributed by atoms with Crippen LogP contribution in [-0.4, -0.2) is 44.5 Å². The van der Waals surface area contributed by atoms with E-state index < -0.39 is 43.4 Å². The number of sulfonamides is 2. The molecule has 1 unspecified atom stereocenters. The number of carbonyl (C=O) groups is 2. The van der Waals surface area contributed by atoms with Crippen LogP contribution in [0.1, 0.15) is 33.6 Å². The van der Waals surface area contributed by atoms with Crippen LogP contribution in [0, 0.1) is 0 Å². The number of nitrogens with two attached hydrogens (primary N) is 1. The molecular weight excluding hydrogens is 462 g/mol. The van der Waals surface area contributed by atoms with E-state index in [0.29, 0.717) is 6.42 Å². The normalized spacial score (nSPS) is 18.2. The molecule has 1 aliphatic rings. The van der Waals surface area contributed by atoms with Crippen molar-refractivity contribution in [2.24, 2.45) is 5.14 Å². The van der Waals surface area contributed by atoms with Gasteiger partial charge in [-0.15, -0.1) is 11.3 Å². The molecule has 1 aromatic carbocycles. The fourth-order valence-corrected chi connectivity index (χ4v) is 7.01. The number of benzene rings is 1. The summed E-state index contributed by atoms with van der Waals surface area (Å²) in [6, 6.07) is 6.82. The summed E-state index contributed by atoms with van der Waals surface area (Å²) < 4.78 is 51.0. The van der Waals surface area contributed by atoms with E-state index in [2.05, 4.69) is 0 Å². The van der Waals surface area contributed by atoms with Gasteiger partial charge in [0.05, 0.1) is 17.0 Å². The molecule has 0 radical (unpaired) electrons. The summed E-state index contributed by atoms with van der Waals surface area (Å²) in [6.45, 7) is 5.22. The minimum absolute atomic E-state index is 0.0882. The lowest BCUT2D eigenvalue weighted by atomic mass is 10.00. The van der Waals surface area contributed by atoms with Crippen LogP contribution in [0.5, 0.6) is 0 Å². The van der Waals surface area contributed by atoms with Crippen LogP contribution in [0.25, 0.3) is 0 Å². The molecule has 1 atom stereocenters. The van der Waals surface area contributed by atoms with Crippen molar-refractivity contribution >= 4 is 48.9 Å². The molecule has 12 heteroatoms. The molecule has 1 fully saturated rings. The van der Waals surface area contributed by atoms with Gasteiger partial charge in [0.1, 0.15) is 10.3 Å². The Bertz CT molecular complexity index is 1200. The predicted octanol–water partition coefficient (Wildman–Crippen LogP) is 1.91. The molecule has 1 saturated heterocycles. The van der Waals surface area contributed by atoms with E-state index in [0.717, 1.165) is 20.5 Å². The summed E-state index contributed by atoms with van der Waals surface area (Å²) in [5.41, 5.74) is -0.788. The lowest BCUT2D eigenvalue weighted by Gasteiger charge is -2.39. The Kier molecular flexibility index (Phi) is 6.15. The molecule has 168 valence electrons. The first-order valence-corrected chi connectivity index (χ1v) is 13.2. The third-order valence-corrected chi connectivity index (χ3v) is 9.72. The summed E-state index contributed by atoms with van der Waals surface area (Å²) in [6.07, 6.45) is 0.0996. The van der Waals surface area contributed by atoms with Gasteiger partial charge in [-0.05, 0) is 56.0 Å². The molecule has 0 saturated carbocycles. The smallest absolute Gasteiger partial charge is 0.253 e. The van der Waals surface area contributed by atoms with Crippen molar-refractivity contribution in [3.63, 3.8) is 0 Å². The second kappa shape index (κ2) is 8.10. The maximum absolute atomic E-state index is 13.4. The Morgan fingerprint density at radius 2 is 1.74 bits per heavy atom. The van der Waals surface area contributed by atoms with Gasteiger partial charge in [0.15, 0.2) is 0 Å². The summed E-state index contributed by atoms with van der Waals surface area (Å²) in [5, 5.41) is 6.72. The highest BCUT2D eigenvalue weighted by molar-refractivity contribution is 7.91. The second-order valence-corrected chi connectivity index (χ2v) is 12.3. The SMILES string of the molecule is CCC(C)(C)N(C1CC(=O)N(c2ccc(S(N)(=O)=O)cc2)C1=O)S(=O)(=O)c1cccs1. The van der Waals surface area contributed by atoms with E-state index in [1.54, 1.807) is 25.3 Å². The van der Waals surface area contributed by atoms with Crippen LogP contribution >= 0.6 is 11.3 Å². The number of amides is 2. The van der Waals surface area contributed by atoms with E-state index in [-0.39, 0.29) is 21.2 Å². The minimum Gasteiger partial charge on any atom is -0.274 e. The number of rotatable bonds is 7. The zero-order valence-corrected chi connectivity index (χ0v) is 19.6. The van der Waals surface area contributed by atoms with E-state index in [1.165, 1.54) is 30.3 Å². The van der Waals surface area contributed by atoms with Crippen molar-refractivity contribution in [3.8, 4) is 0 Å². The van der Waals surface area contributed by atoms with Gasteiger partial charge < -0.3 is 0 Å². The highest BCUT2D eigenvalue weighted by atomic mass is 32.2. The zero-order valence-electron chi connectivity index (χ0n) is 17.2. The average molecular weight is 486 g/mol. The van der Waals surface area contributed by atoms with E-state index in [9.17, 15) is 26.4 Å². The highest BCUT2D eigenvalue weighted by Crippen LogP contribution is 2.36. The molecule has 0 spiro atoms. The lowest BCUT2D eigenvalue weighted by Crippen LogP contribution is -2.55. The molecule has 1 aromatic heterocycles. The molecule has 2 N–H and O–H groups in total. The molecule has 0 bridgehead atoms. The molecule has 2 amide bonds.